The molecule has 1 aromatic carbocycles. The van der Waals surface area contributed by atoms with E-state index in [0.29, 0.717) is 6.54 Å². The van der Waals surface area contributed by atoms with E-state index in [0.717, 1.165) is 26.2 Å². The number of β-amino-alcohol motifs (C(OH)–C–C–N with tert-alkyl or cyclic N) is 1. The molecule has 1 N–H and O–H groups in total. The zero-order chi connectivity index (χ0) is 12.3. The average Bonchev–Trinajstić information content (AvgIpc) is 2.30. The molecule has 1 aliphatic heterocycles. The summed E-state index contributed by atoms with van der Waals surface area (Å²) in [7, 11) is 0. The summed E-state index contributed by atoms with van der Waals surface area (Å²) in [6.45, 7) is 10.5. The Hall–Kier alpha value is -1.06. The highest BCUT2D eigenvalue weighted by Gasteiger charge is 2.18. The van der Waals surface area contributed by atoms with Crippen molar-refractivity contribution in [2.75, 3.05) is 37.6 Å². The summed E-state index contributed by atoms with van der Waals surface area (Å²) in [5.74, 6) is 0. The molecule has 1 fully saturated rings. The van der Waals surface area contributed by atoms with Crippen LogP contribution in [0.25, 0.3) is 0 Å². The van der Waals surface area contributed by atoms with Gasteiger partial charge >= 0.3 is 0 Å². The average molecular weight is 233 g/mol. The number of anilines is 1. The molecule has 1 unspecified atom stereocenters. The van der Waals surface area contributed by atoms with Gasteiger partial charge in [-0.2, -0.15) is 0 Å². The van der Waals surface area contributed by atoms with Crippen LogP contribution in [0, 0.1) is 13.8 Å². The van der Waals surface area contributed by atoms with E-state index >= 15 is 0 Å². The molecule has 1 radical (unpaired) electrons. The van der Waals surface area contributed by atoms with E-state index in [1.54, 1.807) is 0 Å². The monoisotopic (exact) mass is 233 g/mol. The Morgan fingerprint density at radius 2 is 1.88 bits per heavy atom. The topological polar surface area (TPSA) is 26.7 Å². The number of benzene rings is 1. The summed E-state index contributed by atoms with van der Waals surface area (Å²) < 4.78 is 0. The molecule has 1 atom stereocenters. The maximum Gasteiger partial charge on any atom is 0.0668 e. The van der Waals surface area contributed by atoms with Crippen molar-refractivity contribution in [1.82, 2.24) is 4.90 Å². The molecule has 0 bridgehead atoms. The number of rotatable bonds is 3. The zero-order valence-electron chi connectivity index (χ0n) is 10.5. The van der Waals surface area contributed by atoms with Gasteiger partial charge < -0.3 is 10.0 Å². The van der Waals surface area contributed by atoms with Gasteiger partial charge in [-0.05, 0) is 25.5 Å². The van der Waals surface area contributed by atoms with Crippen molar-refractivity contribution in [3.8, 4) is 0 Å². The summed E-state index contributed by atoms with van der Waals surface area (Å²) in [5, 5.41) is 9.27. The van der Waals surface area contributed by atoms with Crippen LogP contribution in [0.1, 0.15) is 5.56 Å². The van der Waals surface area contributed by atoms with Crippen LogP contribution in [0.15, 0.2) is 24.3 Å². The first-order valence-electron chi connectivity index (χ1n) is 6.21. The first-order chi connectivity index (χ1) is 8.16. The highest BCUT2D eigenvalue weighted by atomic mass is 16.3. The molecular weight excluding hydrogens is 212 g/mol. The fraction of sp³-hybridized carbons (Fsp3) is 0.500. The van der Waals surface area contributed by atoms with Gasteiger partial charge in [-0.1, -0.05) is 18.2 Å². The lowest BCUT2D eigenvalue weighted by molar-refractivity contribution is 0.140. The smallest absolute Gasteiger partial charge is 0.0668 e. The van der Waals surface area contributed by atoms with Gasteiger partial charge in [0.25, 0.3) is 0 Å². The van der Waals surface area contributed by atoms with E-state index in [9.17, 15) is 5.11 Å². The summed E-state index contributed by atoms with van der Waals surface area (Å²) in [5.41, 5.74) is 2.67. The Bertz CT molecular complexity index is 357. The van der Waals surface area contributed by atoms with Crippen LogP contribution >= 0.6 is 0 Å². The predicted octanol–water partition coefficient (Wildman–Crippen LogP) is 1.31. The summed E-state index contributed by atoms with van der Waals surface area (Å²) >= 11 is 0. The third-order valence-corrected chi connectivity index (χ3v) is 3.30. The minimum absolute atomic E-state index is 0.472. The van der Waals surface area contributed by atoms with Gasteiger partial charge in [-0.15, -0.1) is 0 Å². The summed E-state index contributed by atoms with van der Waals surface area (Å²) in [4.78, 5) is 4.69. The van der Waals surface area contributed by atoms with Crippen molar-refractivity contribution in [1.29, 1.82) is 0 Å². The number of para-hydroxylation sites is 1. The van der Waals surface area contributed by atoms with E-state index < -0.39 is 6.10 Å². The fourth-order valence-corrected chi connectivity index (χ4v) is 2.39. The highest BCUT2D eigenvalue weighted by molar-refractivity contribution is 5.53. The lowest BCUT2D eigenvalue weighted by Gasteiger charge is -2.37. The van der Waals surface area contributed by atoms with E-state index in [1.165, 1.54) is 11.3 Å². The van der Waals surface area contributed by atoms with Crippen molar-refractivity contribution in [3.05, 3.63) is 36.8 Å². The number of hydrogen-bond acceptors (Lipinski definition) is 3. The van der Waals surface area contributed by atoms with Crippen molar-refractivity contribution in [3.63, 3.8) is 0 Å². The van der Waals surface area contributed by atoms with E-state index in [4.69, 9.17) is 0 Å². The fourth-order valence-electron chi connectivity index (χ4n) is 2.39. The predicted molar refractivity (Wildman–Crippen MR) is 71.2 cm³/mol. The first-order valence-corrected chi connectivity index (χ1v) is 6.21. The number of aryl methyl sites for hydroxylation is 1. The van der Waals surface area contributed by atoms with Crippen molar-refractivity contribution in [2.24, 2.45) is 0 Å². The van der Waals surface area contributed by atoms with Gasteiger partial charge in [-0.3, -0.25) is 4.90 Å². The maximum atomic E-state index is 9.27. The number of nitrogens with zero attached hydrogens (tertiary/aromatic N) is 2. The molecule has 0 saturated carbocycles. The van der Waals surface area contributed by atoms with E-state index in [2.05, 4.69) is 47.9 Å². The van der Waals surface area contributed by atoms with E-state index in [-0.39, 0.29) is 0 Å². The number of aliphatic hydroxyl groups is 1. The molecule has 2 rings (SSSR count). The molecule has 1 saturated heterocycles. The van der Waals surface area contributed by atoms with Crippen LogP contribution in [-0.4, -0.2) is 48.8 Å². The lowest BCUT2D eigenvalue weighted by Crippen LogP contribution is -2.48. The van der Waals surface area contributed by atoms with Crippen LogP contribution in [0.3, 0.4) is 0 Å². The third kappa shape index (κ3) is 3.20. The van der Waals surface area contributed by atoms with Gasteiger partial charge in [-0.25, -0.2) is 0 Å². The summed E-state index contributed by atoms with van der Waals surface area (Å²) in [6.07, 6.45) is -0.472. The molecule has 0 aliphatic carbocycles. The van der Waals surface area contributed by atoms with Gasteiger partial charge in [0.05, 0.1) is 6.10 Å². The normalized spacial score (nSPS) is 19.4. The molecule has 1 aromatic rings. The van der Waals surface area contributed by atoms with Crippen LogP contribution in [0.2, 0.25) is 0 Å². The third-order valence-electron chi connectivity index (χ3n) is 3.30. The molecule has 3 heteroatoms. The van der Waals surface area contributed by atoms with Crippen molar-refractivity contribution in [2.45, 2.75) is 13.0 Å². The number of piperazine rings is 1. The van der Waals surface area contributed by atoms with Gasteiger partial charge in [0.15, 0.2) is 0 Å². The standard InChI is InChI=1S/C14H21N2O/c1-12-5-3-4-6-14(12)16-9-7-15(8-10-16)11-13(2)17/h3-6,13,17H,2,7-11H2,1H3. The highest BCUT2D eigenvalue weighted by Crippen LogP contribution is 2.20. The molecule has 3 nitrogen and oxygen atoms in total. The quantitative estimate of drug-likeness (QED) is 0.853. The molecule has 1 heterocycles. The van der Waals surface area contributed by atoms with Gasteiger partial charge in [0.2, 0.25) is 0 Å². The molecule has 1 aliphatic rings. The minimum Gasteiger partial charge on any atom is -0.392 e. The largest absolute Gasteiger partial charge is 0.392 e. The number of hydrogen-bond donors (Lipinski definition) is 1. The molecular formula is C14H21N2O. The van der Waals surface area contributed by atoms with Crippen molar-refractivity contribution < 1.29 is 5.11 Å². The Balaban J connectivity index is 1.93. The zero-order valence-corrected chi connectivity index (χ0v) is 10.5. The Labute approximate surface area is 104 Å². The van der Waals surface area contributed by atoms with Gasteiger partial charge in [0, 0.05) is 38.4 Å². The van der Waals surface area contributed by atoms with E-state index in [1.807, 2.05) is 0 Å². The molecule has 0 aromatic heterocycles. The second-order valence-electron chi connectivity index (χ2n) is 4.73. The van der Waals surface area contributed by atoms with Crippen LogP contribution in [-0.2, 0) is 0 Å². The molecule has 93 valence electrons. The Kier molecular flexibility index (Phi) is 4.02. The summed E-state index contributed by atoms with van der Waals surface area (Å²) in [6, 6.07) is 8.51. The second-order valence-corrected chi connectivity index (χ2v) is 4.73. The minimum atomic E-state index is -0.472. The Morgan fingerprint density at radius 3 is 2.47 bits per heavy atom. The van der Waals surface area contributed by atoms with Crippen LogP contribution in [0.4, 0.5) is 5.69 Å². The maximum absolute atomic E-state index is 9.27. The first kappa shape index (κ1) is 12.4. The van der Waals surface area contributed by atoms with Crippen LogP contribution < -0.4 is 4.90 Å². The lowest BCUT2D eigenvalue weighted by atomic mass is 10.1. The van der Waals surface area contributed by atoms with Crippen LogP contribution in [0.5, 0.6) is 0 Å². The molecule has 0 amide bonds. The second kappa shape index (κ2) is 5.52. The SMILES string of the molecule is [CH2]C(O)CN1CCN(c2ccccc2C)CC1. The van der Waals surface area contributed by atoms with Crippen molar-refractivity contribution >= 4 is 5.69 Å². The molecule has 0 spiro atoms. The number of aliphatic hydroxyl groups excluding tert-OH is 1. The molecule has 17 heavy (non-hydrogen) atoms. The van der Waals surface area contributed by atoms with Gasteiger partial charge in [0.1, 0.15) is 0 Å². The Morgan fingerprint density at radius 1 is 1.24 bits per heavy atom.